The SMILES string of the molecule is CC(C)(C)c1[nH]nc2cc(C3CCCCN3)ccc12.Cl. The van der Waals surface area contributed by atoms with E-state index in [1.807, 2.05) is 0 Å². The maximum absolute atomic E-state index is 4.49. The fraction of sp³-hybridized carbons (Fsp3) is 0.562. The maximum atomic E-state index is 4.49. The van der Waals surface area contributed by atoms with Crippen LogP contribution in [0.1, 0.15) is 57.3 Å². The Morgan fingerprint density at radius 1 is 1.20 bits per heavy atom. The highest BCUT2D eigenvalue weighted by Gasteiger charge is 2.21. The molecular formula is C16H24ClN3. The molecule has 0 amide bonds. The number of H-pyrrole nitrogens is 1. The number of halogens is 1. The zero-order chi connectivity index (χ0) is 13.5. The van der Waals surface area contributed by atoms with Crippen LogP contribution in [0.2, 0.25) is 0 Å². The molecule has 0 radical (unpaired) electrons. The number of hydrogen-bond acceptors (Lipinski definition) is 2. The normalized spacial score (nSPS) is 19.9. The standard InChI is InChI=1S/C16H23N3.ClH/c1-16(2,3)15-12-8-7-11(10-14(12)18-19-15)13-6-4-5-9-17-13;/h7-8,10,13,17H,4-6,9H2,1-3H3,(H,18,19);1H. The quantitative estimate of drug-likeness (QED) is 0.831. The summed E-state index contributed by atoms with van der Waals surface area (Å²) < 4.78 is 0. The van der Waals surface area contributed by atoms with Crippen LogP contribution < -0.4 is 5.32 Å². The monoisotopic (exact) mass is 293 g/mol. The van der Waals surface area contributed by atoms with Crippen LogP contribution >= 0.6 is 12.4 Å². The van der Waals surface area contributed by atoms with Crippen LogP contribution in [0.4, 0.5) is 0 Å². The van der Waals surface area contributed by atoms with Gasteiger partial charge in [0.25, 0.3) is 0 Å². The molecule has 2 aromatic rings. The van der Waals surface area contributed by atoms with Gasteiger partial charge in [0.1, 0.15) is 0 Å². The Morgan fingerprint density at radius 3 is 2.65 bits per heavy atom. The highest BCUT2D eigenvalue weighted by atomic mass is 35.5. The average molecular weight is 294 g/mol. The molecule has 3 rings (SSSR count). The second-order valence-corrected chi connectivity index (χ2v) is 6.63. The third-order valence-electron chi connectivity index (χ3n) is 4.04. The number of hydrogen-bond donors (Lipinski definition) is 2. The first-order valence-corrected chi connectivity index (χ1v) is 7.27. The molecule has 3 nitrogen and oxygen atoms in total. The number of aromatic nitrogens is 2. The van der Waals surface area contributed by atoms with E-state index in [0.29, 0.717) is 6.04 Å². The summed E-state index contributed by atoms with van der Waals surface area (Å²) in [6.45, 7) is 7.79. The van der Waals surface area contributed by atoms with Crippen LogP contribution in [-0.2, 0) is 5.41 Å². The molecule has 0 saturated carbocycles. The van der Waals surface area contributed by atoms with Gasteiger partial charge < -0.3 is 5.32 Å². The predicted molar refractivity (Wildman–Crippen MR) is 86.6 cm³/mol. The summed E-state index contributed by atoms with van der Waals surface area (Å²) in [6, 6.07) is 7.23. The van der Waals surface area contributed by atoms with Gasteiger partial charge in [0, 0.05) is 22.5 Å². The number of aromatic amines is 1. The van der Waals surface area contributed by atoms with Crippen molar-refractivity contribution in [3.8, 4) is 0 Å². The van der Waals surface area contributed by atoms with Crippen LogP contribution in [0.5, 0.6) is 0 Å². The summed E-state index contributed by atoms with van der Waals surface area (Å²) in [4.78, 5) is 0. The first-order chi connectivity index (χ1) is 9.05. The Hall–Kier alpha value is -1.06. The minimum absolute atomic E-state index is 0. The van der Waals surface area contributed by atoms with Gasteiger partial charge >= 0.3 is 0 Å². The van der Waals surface area contributed by atoms with Crippen molar-refractivity contribution in [2.45, 2.75) is 51.5 Å². The first-order valence-electron chi connectivity index (χ1n) is 7.27. The fourth-order valence-corrected chi connectivity index (χ4v) is 2.95. The largest absolute Gasteiger partial charge is 0.310 e. The zero-order valence-electron chi connectivity index (χ0n) is 12.5. The van der Waals surface area contributed by atoms with Crippen LogP contribution in [-0.4, -0.2) is 16.7 Å². The molecule has 2 heterocycles. The maximum Gasteiger partial charge on any atom is 0.0927 e. The molecule has 20 heavy (non-hydrogen) atoms. The molecule has 110 valence electrons. The molecular weight excluding hydrogens is 270 g/mol. The Morgan fingerprint density at radius 2 is 2.00 bits per heavy atom. The number of fused-ring (bicyclic) bond motifs is 1. The average Bonchev–Trinajstić information content (AvgIpc) is 2.82. The van der Waals surface area contributed by atoms with Crippen LogP contribution in [0.3, 0.4) is 0 Å². The lowest BCUT2D eigenvalue weighted by atomic mass is 9.89. The van der Waals surface area contributed by atoms with E-state index in [1.54, 1.807) is 0 Å². The van der Waals surface area contributed by atoms with Crippen LogP contribution in [0, 0.1) is 0 Å². The van der Waals surface area contributed by atoms with E-state index < -0.39 is 0 Å². The van der Waals surface area contributed by atoms with Gasteiger partial charge in [-0.15, -0.1) is 12.4 Å². The van der Waals surface area contributed by atoms with E-state index in [-0.39, 0.29) is 17.8 Å². The molecule has 0 bridgehead atoms. The lowest BCUT2D eigenvalue weighted by Crippen LogP contribution is -2.26. The van der Waals surface area contributed by atoms with Crippen molar-refractivity contribution in [2.24, 2.45) is 0 Å². The molecule has 1 atom stereocenters. The van der Waals surface area contributed by atoms with E-state index >= 15 is 0 Å². The fourth-order valence-electron chi connectivity index (χ4n) is 2.95. The molecule has 1 fully saturated rings. The van der Waals surface area contributed by atoms with E-state index in [4.69, 9.17) is 0 Å². The highest BCUT2D eigenvalue weighted by molar-refractivity contribution is 5.85. The van der Waals surface area contributed by atoms with Gasteiger partial charge in [-0.3, -0.25) is 5.10 Å². The number of benzene rings is 1. The van der Waals surface area contributed by atoms with E-state index in [9.17, 15) is 0 Å². The smallest absolute Gasteiger partial charge is 0.0927 e. The number of nitrogens with one attached hydrogen (secondary N) is 2. The Bertz CT molecular complexity index is 577. The van der Waals surface area contributed by atoms with E-state index in [2.05, 4.69) is 54.5 Å². The number of rotatable bonds is 1. The lowest BCUT2D eigenvalue weighted by molar-refractivity contribution is 0.412. The minimum atomic E-state index is 0. The van der Waals surface area contributed by atoms with Crippen molar-refractivity contribution >= 4 is 23.3 Å². The minimum Gasteiger partial charge on any atom is -0.310 e. The number of nitrogens with zero attached hydrogens (tertiary/aromatic N) is 1. The van der Waals surface area contributed by atoms with Crippen molar-refractivity contribution in [2.75, 3.05) is 6.54 Å². The van der Waals surface area contributed by atoms with Gasteiger partial charge in [-0.1, -0.05) is 39.3 Å². The van der Waals surface area contributed by atoms with Crippen molar-refractivity contribution in [1.82, 2.24) is 15.5 Å². The molecule has 0 aliphatic carbocycles. The third-order valence-corrected chi connectivity index (χ3v) is 4.04. The van der Waals surface area contributed by atoms with Crippen LogP contribution in [0.25, 0.3) is 10.9 Å². The summed E-state index contributed by atoms with van der Waals surface area (Å²) in [5, 5.41) is 12.6. The summed E-state index contributed by atoms with van der Waals surface area (Å²) >= 11 is 0. The van der Waals surface area contributed by atoms with E-state index in [1.165, 1.54) is 35.9 Å². The molecule has 1 aliphatic rings. The second-order valence-electron chi connectivity index (χ2n) is 6.63. The Balaban J connectivity index is 0.00000147. The van der Waals surface area contributed by atoms with E-state index in [0.717, 1.165) is 12.1 Å². The van der Waals surface area contributed by atoms with Crippen molar-refractivity contribution in [3.05, 3.63) is 29.5 Å². The summed E-state index contributed by atoms with van der Waals surface area (Å²) in [7, 11) is 0. The molecule has 1 unspecified atom stereocenters. The van der Waals surface area contributed by atoms with Gasteiger partial charge in [-0.05, 0) is 31.0 Å². The molecule has 2 N–H and O–H groups in total. The van der Waals surface area contributed by atoms with Gasteiger partial charge in [0.15, 0.2) is 0 Å². The van der Waals surface area contributed by atoms with Gasteiger partial charge in [0.05, 0.1) is 5.52 Å². The lowest BCUT2D eigenvalue weighted by Gasteiger charge is -2.24. The van der Waals surface area contributed by atoms with Gasteiger partial charge in [0.2, 0.25) is 0 Å². The molecule has 1 aromatic heterocycles. The zero-order valence-corrected chi connectivity index (χ0v) is 13.3. The van der Waals surface area contributed by atoms with Crippen molar-refractivity contribution < 1.29 is 0 Å². The topological polar surface area (TPSA) is 40.7 Å². The molecule has 4 heteroatoms. The summed E-state index contributed by atoms with van der Waals surface area (Å²) in [5.74, 6) is 0. The van der Waals surface area contributed by atoms with Crippen LogP contribution in [0.15, 0.2) is 18.2 Å². The third kappa shape index (κ3) is 2.84. The van der Waals surface area contributed by atoms with Gasteiger partial charge in [-0.25, -0.2) is 0 Å². The Kier molecular flexibility index (Phi) is 4.40. The summed E-state index contributed by atoms with van der Waals surface area (Å²) in [5.41, 5.74) is 3.80. The molecule has 1 aliphatic heterocycles. The predicted octanol–water partition coefficient (Wildman–Crippen LogP) is 4.10. The first kappa shape index (κ1) is 15.3. The number of piperidine rings is 1. The molecule has 0 spiro atoms. The Labute approximate surface area is 126 Å². The van der Waals surface area contributed by atoms with Gasteiger partial charge in [-0.2, -0.15) is 5.10 Å². The second kappa shape index (κ2) is 5.74. The highest BCUT2D eigenvalue weighted by Crippen LogP contribution is 2.30. The van der Waals surface area contributed by atoms with Crippen molar-refractivity contribution in [3.63, 3.8) is 0 Å². The molecule has 1 saturated heterocycles. The molecule has 1 aromatic carbocycles. The van der Waals surface area contributed by atoms with Crippen molar-refractivity contribution in [1.29, 1.82) is 0 Å². The summed E-state index contributed by atoms with van der Waals surface area (Å²) in [6.07, 6.45) is 3.86.